The third-order valence-corrected chi connectivity index (χ3v) is 5.87. The van der Waals surface area contributed by atoms with E-state index >= 15 is 0 Å². The molecule has 3 aromatic rings. The molecule has 1 aromatic carbocycles. The van der Waals surface area contributed by atoms with Gasteiger partial charge in [-0.15, -0.1) is 0 Å². The molecule has 0 atom stereocenters. The zero-order chi connectivity index (χ0) is 19.5. The molecule has 0 spiro atoms. The summed E-state index contributed by atoms with van der Waals surface area (Å²) in [6, 6.07) is 10.8. The molecule has 144 valence electrons. The van der Waals surface area contributed by atoms with Crippen LogP contribution in [0.5, 0.6) is 0 Å². The SMILES string of the molecule is COCCN=C1Sc2nc3c(C)cc(C)cc3cc2CN1Cc1cccnc1. The van der Waals surface area contributed by atoms with Gasteiger partial charge in [0.05, 0.1) is 18.7 Å². The van der Waals surface area contributed by atoms with E-state index in [2.05, 4.69) is 48.0 Å². The highest BCUT2D eigenvalue weighted by Crippen LogP contribution is 2.34. The van der Waals surface area contributed by atoms with Gasteiger partial charge in [-0.3, -0.25) is 9.98 Å². The van der Waals surface area contributed by atoms with Crippen LogP contribution >= 0.6 is 11.8 Å². The van der Waals surface area contributed by atoms with Gasteiger partial charge in [-0.2, -0.15) is 0 Å². The fraction of sp³-hybridized carbons (Fsp3) is 0.318. The molecule has 0 radical (unpaired) electrons. The molecule has 28 heavy (non-hydrogen) atoms. The van der Waals surface area contributed by atoms with Gasteiger partial charge >= 0.3 is 0 Å². The van der Waals surface area contributed by atoms with Crippen LogP contribution in [0.4, 0.5) is 0 Å². The van der Waals surface area contributed by atoms with Gasteiger partial charge in [0.1, 0.15) is 5.03 Å². The van der Waals surface area contributed by atoms with Crippen LogP contribution in [0.2, 0.25) is 0 Å². The summed E-state index contributed by atoms with van der Waals surface area (Å²) in [5, 5.41) is 3.25. The number of methoxy groups -OCH3 is 1. The lowest BCUT2D eigenvalue weighted by Gasteiger charge is -2.31. The van der Waals surface area contributed by atoms with E-state index in [1.54, 1.807) is 25.1 Å². The Kier molecular flexibility index (Phi) is 5.59. The van der Waals surface area contributed by atoms with Crippen LogP contribution in [0.1, 0.15) is 22.3 Å². The fourth-order valence-corrected chi connectivity index (χ4v) is 4.48. The lowest BCUT2D eigenvalue weighted by Crippen LogP contribution is -2.32. The zero-order valence-electron chi connectivity index (χ0n) is 16.5. The number of pyridine rings is 2. The molecule has 4 rings (SSSR count). The van der Waals surface area contributed by atoms with Crippen molar-refractivity contribution in [1.82, 2.24) is 14.9 Å². The number of aliphatic imine (C=N–C) groups is 1. The maximum Gasteiger partial charge on any atom is 0.166 e. The smallest absolute Gasteiger partial charge is 0.166 e. The molecule has 0 unspecified atom stereocenters. The Labute approximate surface area is 169 Å². The fourth-order valence-electron chi connectivity index (χ4n) is 3.50. The molecule has 0 amide bonds. The molecular weight excluding hydrogens is 368 g/mol. The van der Waals surface area contributed by atoms with Crippen LogP contribution in [-0.2, 0) is 17.8 Å². The Morgan fingerprint density at radius 2 is 2.14 bits per heavy atom. The van der Waals surface area contributed by atoms with Gasteiger partial charge in [-0.25, -0.2) is 4.98 Å². The van der Waals surface area contributed by atoms with E-state index in [-0.39, 0.29) is 0 Å². The van der Waals surface area contributed by atoms with Crippen molar-refractivity contribution in [2.75, 3.05) is 20.3 Å². The number of ether oxygens (including phenoxy) is 1. The van der Waals surface area contributed by atoms with Gasteiger partial charge in [-0.05, 0) is 54.9 Å². The van der Waals surface area contributed by atoms with Gasteiger partial charge < -0.3 is 9.64 Å². The van der Waals surface area contributed by atoms with E-state index in [0.717, 1.165) is 28.8 Å². The second kappa shape index (κ2) is 8.29. The number of hydrogen-bond acceptors (Lipinski definition) is 5. The highest BCUT2D eigenvalue weighted by Gasteiger charge is 2.24. The molecule has 0 aliphatic carbocycles. The summed E-state index contributed by atoms with van der Waals surface area (Å²) in [6.45, 7) is 7.08. The van der Waals surface area contributed by atoms with Gasteiger partial charge in [0.2, 0.25) is 0 Å². The summed E-state index contributed by atoms with van der Waals surface area (Å²) >= 11 is 1.65. The molecular formula is C22H24N4OS. The Hall–Kier alpha value is -2.44. The van der Waals surface area contributed by atoms with Crippen molar-refractivity contribution in [3.05, 3.63) is 65.0 Å². The van der Waals surface area contributed by atoms with E-state index < -0.39 is 0 Å². The number of benzene rings is 1. The van der Waals surface area contributed by atoms with Crippen molar-refractivity contribution in [1.29, 1.82) is 0 Å². The van der Waals surface area contributed by atoms with Crippen molar-refractivity contribution in [2.24, 2.45) is 4.99 Å². The standard InChI is InChI=1S/C22H24N4OS/c1-15-9-16(2)20-18(10-15)11-19-14-26(13-17-5-4-6-23-12-17)22(24-7-8-27-3)28-21(19)25-20/h4-6,9-12H,7-8,13-14H2,1-3H3. The summed E-state index contributed by atoms with van der Waals surface area (Å²) in [6.07, 6.45) is 3.72. The number of hydrogen-bond donors (Lipinski definition) is 0. The average Bonchev–Trinajstić information content (AvgIpc) is 2.68. The van der Waals surface area contributed by atoms with E-state index in [0.29, 0.717) is 13.2 Å². The molecule has 6 heteroatoms. The van der Waals surface area contributed by atoms with Crippen molar-refractivity contribution < 1.29 is 4.74 Å². The van der Waals surface area contributed by atoms with Crippen LogP contribution < -0.4 is 0 Å². The summed E-state index contributed by atoms with van der Waals surface area (Å²) in [5.74, 6) is 0. The van der Waals surface area contributed by atoms with Crippen LogP contribution in [0.15, 0.2) is 52.7 Å². The highest BCUT2D eigenvalue weighted by atomic mass is 32.2. The van der Waals surface area contributed by atoms with E-state index in [4.69, 9.17) is 14.7 Å². The first-order chi connectivity index (χ1) is 13.6. The van der Waals surface area contributed by atoms with E-state index in [1.165, 1.54) is 27.6 Å². The molecule has 0 N–H and O–H groups in total. The number of nitrogens with zero attached hydrogens (tertiary/aromatic N) is 4. The van der Waals surface area contributed by atoms with Crippen LogP contribution in [0.3, 0.4) is 0 Å². The van der Waals surface area contributed by atoms with Crippen molar-refractivity contribution in [3.8, 4) is 0 Å². The van der Waals surface area contributed by atoms with Gasteiger partial charge in [-0.1, -0.05) is 17.7 Å². The summed E-state index contributed by atoms with van der Waals surface area (Å²) < 4.78 is 5.18. The number of aryl methyl sites for hydroxylation is 2. The molecule has 5 nitrogen and oxygen atoms in total. The quantitative estimate of drug-likeness (QED) is 0.604. The van der Waals surface area contributed by atoms with Gasteiger partial charge in [0, 0.05) is 43.5 Å². The molecule has 0 saturated heterocycles. The lowest BCUT2D eigenvalue weighted by atomic mass is 10.1. The van der Waals surface area contributed by atoms with Crippen molar-refractivity contribution in [2.45, 2.75) is 32.0 Å². The minimum absolute atomic E-state index is 0.612. The minimum atomic E-state index is 0.612. The molecule has 2 aromatic heterocycles. The van der Waals surface area contributed by atoms with E-state index in [9.17, 15) is 0 Å². The number of amidine groups is 1. The van der Waals surface area contributed by atoms with Gasteiger partial charge in [0.25, 0.3) is 0 Å². The molecule has 1 aliphatic rings. The van der Waals surface area contributed by atoms with Gasteiger partial charge in [0.15, 0.2) is 5.17 Å². The summed E-state index contributed by atoms with van der Waals surface area (Å²) in [5.41, 5.74) is 5.98. The minimum Gasteiger partial charge on any atom is -0.383 e. The summed E-state index contributed by atoms with van der Waals surface area (Å²) in [4.78, 5) is 16.3. The predicted molar refractivity (Wildman–Crippen MR) is 115 cm³/mol. The number of aromatic nitrogens is 2. The van der Waals surface area contributed by atoms with Crippen LogP contribution in [0.25, 0.3) is 10.9 Å². The van der Waals surface area contributed by atoms with Crippen molar-refractivity contribution >= 4 is 27.8 Å². The number of thioether (sulfide) groups is 1. The lowest BCUT2D eigenvalue weighted by molar-refractivity contribution is 0.207. The summed E-state index contributed by atoms with van der Waals surface area (Å²) in [7, 11) is 1.70. The Balaban J connectivity index is 1.71. The first-order valence-electron chi connectivity index (χ1n) is 9.40. The average molecular weight is 393 g/mol. The molecule has 0 saturated carbocycles. The molecule has 0 fully saturated rings. The van der Waals surface area contributed by atoms with Crippen LogP contribution in [0, 0.1) is 13.8 Å². The number of rotatable bonds is 5. The largest absolute Gasteiger partial charge is 0.383 e. The maximum absolute atomic E-state index is 5.18. The van der Waals surface area contributed by atoms with E-state index in [1.807, 2.05) is 12.3 Å². The third-order valence-electron chi connectivity index (χ3n) is 4.75. The normalized spacial score (nSPS) is 15.2. The zero-order valence-corrected chi connectivity index (χ0v) is 17.3. The highest BCUT2D eigenvalue weighted by molar-refractivity contribution is 8.13. The Morgan fingerprint density at radius 3 is 2.93 bits per heavy atom. The topological polar surface area (TPSA) is 50.6 Å². The molecule has 0 bridgehead atoms. The van der Waals surface area contributed by atoms with Crippen LogP contribution in [-0.4, -0.2) is 40.3 Å². The molecule has 3 heterocycles. The second-order valence-corrected chi connectivity index (χ2v) is 8.04. The monoisotopic (exact) mass is 392 g/mol. The maximum atomic E-state index is 5.18. The van der Waals surface area contributed by atoms with Crippen molar-refractivity contribution in [3.63, 3.8) is 0 Å². The first-order valence-corrected chi connectivity index (χ1v) is 10.2. The Morgan fingerprint density at radius 1 is 1.25 bits per heavy atom. The third kappa shape index (κ3) is 4.03. The second-order valence-electron chi connectivity index (χ2n) is 7.08. The first kappa shape index (κ1) is 18.9. The number of fused-ring (bicyclic) bond motifs is 2. The molecule has 1 aliphatic heterocycles. The Bertz CT molecular complexity index is 1020. The predicted octanol–water partition coefficient (Wildman–Crippen LogP) is 4.36.